The number of esters is 1. The Bertz CT molecular complexity index is 724. The molecule has 0 spiro atoms. The molecule has 5 heteroatoms. The van der Waals surface area contributed by atoms with Crippen LogP contribution in [0.25, 0.3) is 10.8 Å². The Hall–Kier alpha value is -2.56. The van der Waals surface area contributed by atoms with Crippen LogP contribution in [0.5, 0.6) is 5.75 Å². The lowest BCUT2D eigenvalue weighted by Crippen LogP contribution is -2.30. The molecule has 0 aliphatic rings. The molecule has 0 bridgehead atoms. The van der Waals surface area contributed by atoms with Gasteiger partial charge in [0.25, 0.3) is 5.91 Å². The van der Waals surface area contributed by atoms with Crippen molar-refractivity contribution in [1.82, 2.24) is 5.32 Å². The summed E-state index contributed by atoms with van der Waals surface area (Å²) in [5.41, 5.74) is 0.311. The topological polar surface area (TPSA) is 64.6 Å². The van der Waals surface area contributed by atoms with Crippen molar-refractivity contribution in [2.45, 2.75) is 20.3 Å². The van der Waals surface area contributed by atoms with Crippen LogP contribution >= 0.6 is 0 Å². The average Bonchev–Trinajstić information content (AvgIpc) is 2.58. The maximum atomic E-state index is 12.3. The molecule has 0 aliphatic heterocycles. The van der Waals surface area contributed by atoms with E-state index in [-0.39, 0.29) is 12.5 Å². The minimum absolute atomic E-state index is 0.299. The number of hydrogen-bond donors (Lipinski definition) is 1. The first kappa shape index (κ1) is 17.8. The highest BCUT2D eigenvalue weighted by Gasteiger charge is 2.16. The van der Waals surface area contributed by atoms with Gasteiger partial charge in [0, 0.05) is 6.54 Å². The van der Waals surface area contributed by atoms with Crippen LogP contribution in [0.3, 0.4) is 0 Å². The third-order valence-electron chi connectivity index (χ3n) is 3.67. The molecule has 1 N–H and O–H groups in total. The molecule has 0 heterocycles. The molecule has 0 saturated heterocycles. The zero-order valence-corrected chi connectivity index (χ0v) is 14.3. The number of methoxy groups -OCH3 is 1. The molecule has 128 valence electrons. The second-order valence-corrected chi connectivity index (χ2v) is 6.01. The fourth-order valence-corrected chi connectivity index (χ4v) is 2.31. The van der Waals surface area contributed by atoms with Gasteiger partial charge in [-0.2, -0.15) is 0 Å². The Morgan fingerprint density at radius 1 is 1.12 bits per heavy atom. The molecule has 0 saturated carbocycles. The van der Waals surface area contributed by atoms with Gasteiger partial charge in [0.2, 0.25) is 0 Å². The largest absolute Gasteiger partial charge is 0.496 e. The second kappa shape index (κ2) is 8.34. The minimum Gasteiger partial charge on any atom is -0.496 e. The first-order valence-corrected chi connectivity index (χ1v) is 8.02. The van der Waals surface area contributed by atoms with Gasteiger partial charge in [0.05, 0.1) is 7.11 Å². The molecule has 0 aromatic heterocycles. The number of hydrogen-bond acceptors (Lipinski definition) is 4. The molecular weight excluding hydrogens is 306 g/mol. The van der Waals surface area contributed by atoms with Gasteiger partial charge in [0.1, 0.15) is 11.3 Å². The summed E-state index contributed by atoms with van der Waals surface area (Å²) >= 11 is 0. The highest BCUT2D eigenvalue weighted by atomic mass is 16.5. The van der Waals surface area contributed by atoms with Crippen molar-refractivity contribution in [3.05, 3.63) is 42.0 Å². The molecule has 0 radical (unpaired) electrons. The van der Waals surface area contributed by atoms with Crippen molar-refractivity contribution in [3.63, 3.8) is 0 Å². The third kappa shape index (κ3) is 4.72. The number of fused-ring (bicyclic) bond motifs is 1. The first-order valence-electron chi connectivity index (χ1n) is 8.02. The maximum absolute atomic E-state index is 12.3. The van der Waals surface area contributed by atoms with Crippen molar-refractivity contribution >= 4 is 22.6 Å². The van der Waals surface area contributed by atoms with E-state index in [1.165, 1.54) is 7.11 Å². The van der Waals surface area contributed by atoms with Crippen LogP contribution in [0.1, 0.15) is 30.6 Å². The van der Waals surface area contributed by atoms with Gasteiger partial charge in [-0.3, -0.25) is 4.79 Å². The SMILES string of the molecule is COc1cc2ccccc2cc1C(=O)OCC(=O)NCCC(C)C. The van der Waals surface area contributed by atoms with Crippen LogP contribution in [0.15, 0.2) is 36.4 Å². The smallest absolute Gasteiger partial charge is 0.342 e. The number of rotatable bonds is 7. The maximum Gasteiger partial charge on any atom is 0.342 e. The third-order valence-corrected chi connectivity index (χ3v) is 3.67. The van der Waals surface area contributed by atoms with E-state index in [9.17, 15) is 9.59 Å². The number of nitrogens with one attached hydrogen (secondary N) is 1. The van der Waals surface area contributed by atoms with Gasteiger partial charge in [-0.15, -0.1) is 0 Å². The number of benzene rings is 2. The lowest BCUT2D eigenvalue weighted by molar-refractivity contribution is -0.124. The predicted molar refractivity (Wildman–Crippen MR) is 93.2 cm³/mol. The lowest BCUT2D eigenvalue weighted by atomic mass is 10.1. The zero-order valence-electron chi connectivity index (χ0n) is 14.3. The van der Waals surface area contributed by atoms with Gasteiger partial charge >= 0.3 is 5.97 Å². The Morgan fingerprint density at radius 3 is 2.42 bits per heavy atom. The van der Waals surface area contributed by atoms with Gasteiger partial charge in [-0.05, 0) is 35.2 Å². The molecule has 0 unspecified atom stereocenters. The summed E-state index contributed by atoms with van der Waals surface area (Å²) in [6, 6.07) is 11.2. The van der Waals surface area contributed by atoms with Crippen LogP contribution in [-0.4, -0.2) is 32.1 Å². The number of amides is 1. The van der Waals surface area contributed by atoms with Gasteiger partial charge in [-0.25, -0.2) is 4.79 Å². The molecule has 24 heavy (non-hydrogen) atoms. The monoisotopic (exact) mass is 329 g/mol. The predicted octanol–water partition coefficient (Wildman–Crippen LogP) is 3.17. The standard InChI is InChI=1S/C19H23NO4/c1-13(2)8-9-20-18(21)12-24-19(22)16-10-14-6-4-5-7-15(14)11-17(16)23-3/h4-7,10-11,13H,8-9,12H2,1-3H3,(H,20,21). The first-order chi connectivity index (χ1) is 11.5. The fourth-order valence-electron chi connectivity index (χ4n) is 2.31. The minimum atomic E-state index is -0.573. The van der Waals surface area contributed by atoms with Gasteiger partial charge in [-0.1, -0.05) is 38.1 Å². The quantitative estimate of drug-likeness (QED) is 0.793. The number of ether oxygens (including phenoxy) is 2. The summed E-state index contributed by atoms with van der Waals surface area (Å²) in [6.45, 7) is 4.44. The normalized spacial score (nSPS) is 10.7. The van der Waals surface area contributed by atoms with Crippen LogP contribution in [0.4, 0.5) is 0 Å². The van der Waals surface area contributed by atoms with Crippen molar-refractivity contribution in [1.29, 1.82) is 0 Å². The van der Waals surface area contributed by atoms with E-state index in [0.29, 0.717) is 23.8 Å². The molecule has 2 aromatic rings. The van der Waals surface area contributed by atoms with Crippen LogP contribution < -0.4 is 10.1 Å². The Morgan fingerprint density at radius 2 is 1.79 bits per heavy atom. The van der Waals surface area contributed by atoms with Crippen molar-refractivity contribution in [3.8, 4) is 5.75 Å². The molecule has 2 aromatic carbocycles. The van der Waals surface area contributed by atoms with Crippen molar-refractivity contribution in [2.24, 2.45) is 5.92 Å². The summed E-state index contributed by atoms with van der Waals surface area (Å²) < 4.78 is 10.4. The van der Waals surface area contributed by atoms with Crippen molar-refractivity contribution in [2.75, 3.05) is 20.3 Å². The molecule has 0 fully saturated rings. The summed E-state index contributed by atoms with van der Waals surface area (Å²) in [6.07, 6.45) is 0.887. The van der Waals surface area contributed by atoms with E-state index in [2.05, 4.69) is 19.2 Å². The van der Waals surface area contributed by atoms with Crippen LogP contribution in [0.2, 0.25) is 0 Å². The zero-order chi connectivity index (χ0) is 17.5. The van der Waals surface area contributed by atoms with E-state index in [0.717, 1.165) is 17.2 Å². The summed E-state index contributed by atoms with van der Waals surface area (Å²) in [7, 11) is 1.50. The van der Waals surface area contributed by atoms with E-state index in [1.54, 1.807) is 12.1 Å². The Kier molecular flexibility index (Phi) is 6.18. The van der Waals surface area contributed by atoms with E-state index in [1.807, 2.05) is 24.3 Å². The number of carbonyl (C=O) groups is 2. The summed E-state index contributed by atoms with van der Waals surface area (Å²) in [4.78, 5) is 24.0. The molecule has 0 aliphatic carbocycles. The Balaban J connectivity index is 2.01. The van der Waals surface area contributed by atoms with Crippen LogP contribution in [0, 0.1) is 5.92 Å². The van der Waals surface area contributed by atoms with E-state index >= 15 is 0 Å². The lowest BCUT2D eigenvalue weighted by Gasteiger charge is -2.11. The summed E-state index contributed by atoms with van der Waals surface area (Å²) in [5, 5.41) is 4.61. The number of carbonyl (C=O) groups excluding carboxylic acids is 2. The van der Waals surface area contributed by atoms with Gasteiger partial charge < -0.3 is 14.8 Å². The Labute approximate surface area is 141 Å². The molecular formula is C19H23NO4. The molecule has 0 atom stereocenters. The fraction of sp³-hybridized carbons (Fsp3) is 0.368. The van der Waals surface area contributed by atoms with Crippen molar-refractivity contribution < 1.29 is 19.1 Å². The highest BCUT2D eigenvalue weighted by molar-refractivity contribution is 5.99. The van der Waals surface area contributed by atoms with E-state index < -0.39 is 5.97 Å². The molecule has 2 rings (SSSR count). The summed E-state index contributed by atoms with van der Waals surface area (Å²) in [5.74, 6) is 0.0639. The molecule has 5 nitrogen and oxygen atoms in total. The molecule has 1 amide bonds. The van der Waals surface area contributed by atoms with Gasteiger partial charge in [0.15, 0.2) is 6.61 Å². The highest BCUT2D eigenvalue weighted by Crippen LogP contribution is 2.26. The average molecular weight is 329 g/mol. The second-order valence-electron chi connectivity index (χ2n) is 6.01. The van der Waals surface area contributed by atoms with Crippen LogP contribution in [-0.2, 0) is 9.53 Å². The van der Waals surface area contributed by atoms with E-state index in [4.69, 9.17) is 9.47 Å².